The van der Waals surface area contributed by atoms with Crippen molar-refractivity contribution in [2.24, 2.45) is 28.9 Å². The molecule has 4 atom stereocenters. The van der Waals surface area contributed by atoms with Gasteiger partial charge in [0, 0.05) is 0 Å². The Labute approximate surface area is 135 Å². The van der Waals surface area contributed by atoms with Gasteiger partial charge in [0.05, 0.1) is 11.8 Å². The Bertz CT molecular complexity index is 356. The van der Waals surface area contributed by atoms with Crippen LogP contribution in [0.5, 0.6) is 0 Å². The molecule has 21 heavy (non-hydrogen) atoms. The van der Waals surface area contributed by atoms with Crippen LogP contribution in [0.4, 0.5) is 0 Å². The minimum Gasteiger partial charge on any atom is -0.402 e. The van der Waals surface area contributed by atoms with Crippen LogP contribution in [0.1, 0.15) is 60.3 Å². The molecule has 0 saturated heterocycles. The van der Waals surface area contributed by atoms with Crippen LogP contribution in [0.25, 0.3) is 0 Å². The van der Waals surface area contributed by atoms with E-state index in [4.69, 9.17) is 15.0 Å². The summed E-state index contributed by atoms with van der Waals surface area (Å²) in [5, 5.41) is 10.1. The van der Waals surface area contributed by atoms with Crippen molar-refractivity contribution in [3.63, 3.8) is 0 Å². The predicted molar refractivity (Wildman–Crippen MR) is 87.8 cm³/mol. The van der Waals surface area contributed by atoms with Gasteiger partial charge in [0.25, 0.3) is 0 Å². The maximum atomic E-state index is 10.1. The number of hydrogen-bond donors (Lipinski definition) is 2. The second-order valence-corrected chi connectivity index (χ2v) is 7.72. The summed E-state index contributed by atoms with van der Waals surface area (Å²) in [5.74, 6) is 1.59. The minimum atomic E-state index is -1.22. The van der Waals surface area contributed by atoms with E-state index in [1.165, 1.54) is 12.8 Å². The monoisotopic (exact) mass is 319 g/mol. The second-order valence-electron chi connectivity index (χ2n) is 7.72. The van der Waals surface area contributed by atoms with Crippen LogP contribution in [-0.2, 0) is 9.31 Å². The van der Waals surface area contributed by atoms with E-state index in [2.05, 4.69) is 34.6 Å². The molecule has 0 aromatic carbocycles. The molecule has 0 aromatic rings. The van der Waals surface area contributed by atoms with Crippen LogP contribution in [-0.4, -0.2) is 24.2 Å². The van der Waals surface area contributed by atoms with E-state index in [1.54, 1.807) is 0 Å². The Morgan fingerprint density at radius 3 is 2.43 bits per heavy atom. The van der Waals surface area contributed by atoms with Gasteiger partial charge in [0.15, 0.2) is 0 Å². The van der Waals surface area contributed by atoms with E-state index in [0.717, 1.165) is 12.8 Å². The Hall–Kier alpha value is 0.195. The third kappa shape index (κ3) is 3.42. The van der Waals surface area contributed by atoms with Crippen molar-refractivity contribution in [3.8, 4) is 0 Å². The average Bonchev–Trinajstić information content (AvgIpc) is 2.29. The third-order valence-electron chi connectivity index (χ3n) is 5.71. The topological polar surface area (TPSA) is 64.7 Å². The summed E-state index contributed by atoms with van der Waals surface area (Å²) in [4.78, 5) is 0. The standard InChI is InChI=1S/C15H30BNO3.ClH/c1-10(2)8-13(17)19-16(18)20-15-9-12(14(15,4)5)7-6-11(15)3;/h10-13,18H,6-9,17H2,1-5H3;1H/t11?,12?,13-,15?;/m1./s1. The number of nitrogens with two attached hydrogens (primary N) is 1. The van der Waals surface area contributed by atoms with Crippen LogP contribution in [0.2, 0.25) is 0 Å². The van der Waals surface area contributed by atoms with Gasteiger partial charge in [0.1, 0.15) is 0 Å². The molecule has 124 valence electrons. The molecular formula is C15H31BClNO3. The fraction of sp³-hybridized carbons (Fsp3) is 1.00. The predicted octanol–water partition coefficient (Wildman–Crippen LogP) is 2.96. The number of halogens is 1. The highest BCUT2D eigenvalue weighted by Gasteiger charge is 2.66. The summed E-state index contributed by atoms with van der Waals surface area (Å²) in [6.45, 7) is 10.9. The van der Waals surface area contributed by atoms with Gasteiger partial charge in [-0.05, 0) is 48.9 Å². The number of hydrogen-bond acceptors (Lipinski definition) is 4. The van der Waals surface area contributed by atoms with E-state index >= 15 is 0 Å². The molecule has 3 aliphatic rings. The van der Waals surface area contributed by atoms with E-state index in [-0.39, 0.29) is 23.4 Å². The van der Waals surface area contributed by atoms with Gasteiger partial charge in [-0.1, -0.05) is 34.6 Å². The van der Waals surface area contributed by atoms with Crippen molar-refractivity contribution < 1.29 is 14.3 Å². The molecule has 0 aromatic heterocycles. The lowest BCUT2D eigenvalue weighted by Gasteiger charge is -2.68. The van der Waals surface area contributed by atoms with Crippen LogP contribution >= 0.6 is 12.4 Å². The Balaban J connectivity index is 0.00000220. The highest BCUT2D eigenvalue weighted by atomic mass is 35.5. The van der Waals surface area contributed by atoms with Gasteiger partial charge in [0.2, 0.25) is 0 Å². The van der Waals surface area contributed by atoms with Crippen LogP contribution in [0.15, 0.2) is 0 Å². The molecule has 0 radical (unpaired) electrons. The molecule has 3 saturated carbocycles. The summed E-state index contributed by atoms with van der Waals surface area (Å²) < 4.78 is 11.4. The number of fused-ring (bicyclic) bond motifs is 2. The molecule has 0 aliphatic heterocycles. The molecule has 3 unspecified atom stereocenters. The second kappa shape index (κ2) is 6.75. The summed E-state index contributed by atoms with van der Waals surface area (Å²) in [6, 6.07) is 0. The van der Waals surface area contributed by atoms with Crippen LogP contribution in [0, 0.1) is 23.2 Å². The zero-order valence-electron chi connectivity index (χ0n) is 14.0. The summed E-state index contributed by atoms with van der Waals surface area (Å²) in [7, 11) is -1.22. The lowest BCUT2D eigenvalue weighted by Crippen LogP contribution is -2.70. The SMILES string of the molecule is CC(C)C[C@H](N)OB(O)OC12CC(CCC1C)C2(C)C.Cl. The van der Waals surface area contributed by atoms with Crippen LogP contribution < -0.4 is 5.73 Å². The smallest absolute Gasteiger partial charge is 0.402 e. The summed E-state index contributed by atoms with van der Waals surface area (Å²) in [6.07, 6.45) is 3.71. The summed E-state index contributed by atoms with van der Waals surface area (Å²) >= 11 is 0. The molecule has 6 heteroatoms. The first kappa shape index (κ1) is 19.2. The number of rotatable bonds is 6. The zero-order valence-corrected chi connectivity index (χ0v) is 14.8. The van der Waals surface area contributed by atoms with Gasteiger partial charge in [-0.2, -0.15) is 0 Å². The highest BCUT2D eigenvalue weighted by Crippen LogP contribution is 2.65. The molecule has 3 rings (SSSR count). The van der Waals surface area contributed by atoms with Crippen molar-refractivity contribution in [2.75, 3.05) is 0 Å². The normalized spacial score (nSPS) is 34.9. The van der Waals surface area contributed by atoms with Crippen LogP contribution in [0.3, 0.4) is 0 Å². The largest absolute Gasteiger partial charge is 0.638 e. The average molecular weight is 320 g/mol. The Morgan fingerprint density at radius 1 is 1.33 bits per heavy atom. The van der Waals surface area contributed by atoms with Crippen molar-refractivity contribution in [3.05, 3.63) is 0 Å². The molecule has 3 aliphatic carbocycles. The molecule has 3 fully saturated rings. The lowest BCUT2D eigenvalue weighted by atomic mass is 9.42. The molecule has 3 N–H and O–H groups in total. The van der Waals surface area contributed by atoms with Gasteiger partial charge in [-0.3, -0.25) is 0 Å². The van der Waals surface area contributed by atoms with Crippen molar-refractivity contribution in [1.82, 2.24) is 0 Å². The molecule has 0 heterocycles. The van der Waals surface area contributed by atoms with Gasteiger partial charge in [-0.15, -0.1) is 12.4 Å². The fourth-order valence-corrected chi connectivity index (χ4v) is 4.28. The van der Waals surface area contributed by atoms with E-state index in [1.807, 2.05) is 0 Å². The van der Waals surface area contributed by atoms with E-state index in [9.17, 15) is 5.02 Å². The Kier molecular flexibility index (Phi) is 6.19. The van der Waals surface area contributed by atoms with Gasteiger partial charge >= 0.3 is 7.32 Å². The minimum absolute atomic E-state index is 0. The maximum Gasteiger partial charge on any atom is 0.638 e. The first-order chi connectivity index (χ1) is 9.19. The molecule has 0 amide bonds. The highest BCUT2D eigenvalue weighted by molar-refractivity contribution is 6.34. The molecule has 2 bridgehead atoms. The molecular weight excluding hydrogens is 288 g/mol. The molecule has 4 nitrogen and oxygen atoms in total. The third-order valence-corrected chi connectivity index (χ3v) is 5.71. The zero-order chi connectivity index (χ0) is 15.1. The first-order valence-corrected chi connectivity index (χ1v) is 7.96. The van der Waals surface area contributed by atoms with Gasteiger partial charge in [-0.25, -0.2) is 0 Å². The molecule has 0 spiro atoms. The van der Waals surface area contributed by atoms with Crippen molar-refractivity contribution >= 4 is 19.7 Å². The van der Waals surface area contributed by atoms with E-state index in [0.29, 0.717) is 17.8 Å². The van der Waals surface area contributed by atoms with Crippen molar-refractivity contribution in [2.45, 2.75) is 72.1 Å². The fourth-order valence-electron chi connectivity index (χ4n) is 4.28. The van der Waals surface area contributed by atoms with Crippen molar-refractivity contribution in [1.29, 1.82) is 0 Å². The first-order valence-electron chi connectivity index (χ1n) is 7.96. The maximum absolute atomic E-state index is 10.1. The van der Waals surface area contributed by atoms with E-state index < -0.39 is 13.5 Å². The summed E-state index contributed by atoms with van der Waals surface area (Å²) in [5.41, 5.74) is 5.73. The van der Waals surface area contributed by atoms with Gasteiger partial charge < -0.3 is 20.1 Å². The quantitative estimate of drug-likeness (QED) is 0.583. The Morgan fingerprint density at radius 2 is 1.95 bits per heavy atom. The lowest BCUT2D eigenvalue weighted by molar-refractivity contribution is -0.250.